The maximum atomic E-state index is 10.9. The van der Waals surface area contributed by atoms with Gasteiger partial charge in [-0.1, -0.05) is 6.92 Å². The van der Waals surface area contributed by atoms with Crippen LogP contribution in [-0.2, 0) is 16.6 Å². The normalized spacial score (nSPS) is 11.9. The van der Waals surface area contributed by atoms with Crippen molar-refractivity contribution in [2.24, 2.45) is 5.14 Å². The summed E-state index contributed by atoms with van der Waals surface area (Å²) in [5.41, 5.74) is 0. The van der Waals surface area contributed by atoms with E-state index in [4.69, 9.17) is 5.14 Å². The zero-order chi connectivity index (χ0) is 11.3. The Morgan fingerprint density at radius 3 is 2.87 bits per heavy atom. The summed E-state index contributed by atoms with van der Waals surface area (Å²) >= 11 is 1.86. The molecule has 0 aromatic carbocycles. The maximum absolute atomic E-state index is 10.9. The molecule has 0 amide bonds. The Bertz CT molecular complexity index is 400. The molecule has 0 unspecified atom stereocenters. The van der Waals surface area contributed by atoms with Crippen molar-refractivity contribution in [3.05, 3.63) is 12.5 Å². The lowest BCUT2D eigenvalue weighted by molar-refractivity contribution is 0.594. The lowest BCUT2D eigenvalue weighted by Gasteiger charge is -2.00. The molecule has 0 fully saturated rings. The second-order valence-electron chi connectivity index (χ2n) is 3.05. The molecule has 0 saturated carbocycles. The van der Waals surface area contributed by atoms with Gasteiger partial charge < -0.3 is 4.57 Å². The quantitative estimate of drug-likeness (QED) is 0.752. The van der Waals surface area contributed by atoms with Crippen LogP contribution in [0, 0.1) is 0 Å². The van der Waals surface area contributed by atoms with Crippen LogP contribution in [0.1, 0.15) is 13.3 Å². The topological polar surface area (TPSA) is 78.0 Å². The highest BCUT2D eigenvalue weighted by atomic mass is 32.2. The molecular weight excluding hydrogens is 234 g/mol. The summed E-state index contributed by atoms with van der Waals surface area (Å²) in [4.78, 5) is 3.73. The maximum Gasteiger partial charge on any atom is 0.257 e. The highest BCUT2D eigenvalue weighted by molar-refractivity contribution is 7.99. The third kappa shape index (κ3) is 4.23. The molecule has 0 aliphatic heterocycles. The van der Waals surface area contributed by atoms with Crippen molar-refractivity contribution in [2.45, 2.75) is 24.9 Å². The summed E-state index contributed by atoms with van der Waals surface area (Å²) in [7, 11) is -3.65. The van der Waals surface area contributed by atoms with Gasteiger partial charge in [-0.3, -0.25) is 0 Å². The molecule has 1 heterocycles. The predicted molar refractivity (Wildman–Crippen MR) is 61.2 cm³/mol. The van der Waals surface area contributed by atoms with Crippen LogP contribution in [0.3, 0.4) is 0 Å². The summed E-state index contributed by atoms with van der Waals surface area (Å²) < 4.78 is 23.6. The summed E-state index contributed by atoms with van der Waals surface area (Å²) in [6.45, 7) is 2.89. The van der Waals surface area contributed by atoms with E-state index in [1.54, 1.807) is 4.57 Å². The highest BCUT2D eigenvalue weighted by Crippen LogP contribution is 2.05. The van der Waals surface area contributed by atoms with Crippen LogP contribution >= 0.6 is 11.8 Å². The molecule has 86 valence electrons. The van der Waals surface area contributed by atoms with E-state index in [1.807, 2.05) is 11.8 Å². The molecule has 2 N–H and O–H groups in total. The first-order valence-corrected chi connectivity index (χ1v) is 7.36. The predicted octanol–water partition coefficient (Wildman–Crippen LogP) is 0.674. The van der Waals surface area contributed by atoms with E-state index in [0.29, 0.717) is 0 Å². The Labute approximate surface area is 94.1 Å². The number of nitrogens with two attached hydrogens (primary N) is 1. The van der Waals surface area contributed by atoms with Crippen LogP contribution < -0.4 is 5.14 Å². The number of nitrogens with zero attached hydrogens (tertiary/aromatic N) is 2. The molecule has 0 bridgehead atoms. The molecule has 0 aliphatic carbocycles. The first-order valence-electron chi connectivity index (χ1n) is 4.66. The fraction of sp³-hybridized carbons (Fsp3) is 0.625. The first kappa shape index (κ1) is 12.5. The lowest BCUT2D eigenvalue weighted by atomic mass is 10.5. The monoisotopic (exact) mass is 249 g/mol. The first-order chi connectivity index (χ1) is 7.04. The van der Waals surface area contributed by atoms with Gasteiger partial charge in [0, 0.05) is 12.7 Å². The molecule has 0 radical (unpaired) electrons. The third-order valence-corrected chi connectivity index (χ3v) is 3.59. The van der Waals surface area contributed by atoms with Gasteiger partial charge in [-0.15, -0.1) is 0 Å². The summed E-state index contributed by atoms with van der Waals surface area (Å²) in [6.07, 6.45) is 3.96. The molecular formula is C8H15N3O2S2. The van der Waals surface area contributed by atoms with E-state index in [1.165, 1.54) is 12.5 Å². The third-order valence-electron chi connectivity index (χ3n) is 1.81. The number of aryl methyl sites for hydroxylation is 1. The van der Waals surface area contributed by atoms with E-state index in [-0.39, 0.29) is 5.03 Å². The van der Waals surface area contributed by atoms with Crippen LogP contribution in [0.5, 0.6) is 0 Å². The summed E-state index contributed by atoms with van der Waals surface area (Å²) in [5, 5.41) is 4.87. The van der Waals surface area contributed by atoms with Gasteiger partial charge in [-0.05, 0) is 17.9 Å². The number of thioether (sulfide) groups is 1. The van der Waals surface area contributed by atoms with E-state index in [0.717, 1.165) is 24.5 Å². The Balaban J connectivity index is 2.47. The standard InChI is InChI=1S/C8H15N3O2S2/c1-2-14-5-3-4-11-6-8(10-7-11)15(9,12)13/h6-7H,2-5H2,1H3,(H2,9,12,13). The molecule has 5 nitrogen and oxygen atoms in total. The van der Waals surface area contributed by atoms with Gasteiger partial charge >= 0.3 is 0 Å². The van der Waals surface area contributed by atoms with Crippen LogP contribution in [-0.4, -0.2) is 29.5 Å². The summed E-state index contributed by atoms with van der Waals surface area (Å²) in [5.74, 6) is 2.17. The average Bonchev–Trinajstić information content (AvgIpc) is 2.60. The fourth-order valence-electron chi connectivity index (χ4n) is 1.10. The molecule has 15 heavy (non-hydrogen) atoms. The summed E-state index contributed by atoms with van der Waals surface area (Å²) in [6, 6.07) is 0. The SMILES string of the molecule is CCSCCCn1cnc(S(N)(=O)=O)c1. The van der Waals surface area contributed by atoms with Crippen molar-refractivity contribution >= 4 is 21.8 Å². The van der Waals surface area contributed by atoms with Gasteiger partial charge in [0.15, 0.2) is 5.03 Å². The molecule has 0 atom stereocenters. The minimum Gasteiger partial charge on any atom is -0.336 e. The molecule has 1 aromatic rings. The molecule has 7 heteroatoms. The number of hydrogen-bond donors (Lipinski definition) is 1. The number of primary sulfonamides is 1. The second-order valence-corrected chi connectivity index (χ2v) is 5.95. The largest absolute Gasteiger partial charge is 0.336 e. The fourth-order valence-corrected chi connectivity index (χ4v) is 2.20. The van der Waals surface area contributed by atoms with Gasteiger partial charge in [-0.25, -0.2) is 18.5 Å². The molecule has 0 spiro atoms. The van der Waals surface area contributed by atoms with E-state index >= 15 is 0 Å². The molecule has 0 saturated heterocycles. The Morgan fingerprint density at radius 2 is 2.33 bits per heavy atom. The van der Waals surface area contributed by atoms with E-state index < -0.39 is 10.0 Å². The Morgan fingerprint density at radius 1 is 1.60 bits per heavy atom. The van der Waals surface area contributed by atoms with Gasteiger partial charge in [0.25, 0.3) is 10.0 Å². The van der Waals surface area contributed by atoms with E-state index in [2.05, 4.69) is 11.9 Å². The molecule has 1 rings (SSSR count). The van der Waals surface area contributed by atoms with Gasteiger partial charge in [0.2, 0.25) is 0 Å². The minimum absolute atomic E-state index is 0.0642. The number of aromatic nitrogens is 2. The van der Waals surface area contributed by atoms with Crippen LogP contribution in [0.15, 0.2) is 17.6 Å². The van der Waals surface area contributed by atoms with Crippen molar-refractivity contribution in [3.63, 3.8) is 0 Å². The van der Waals surface area contributed by atoms with Crippen LogP contribution in [0.4, 0.5) is 0 Å². The smallest absolute Gasteiger partial charge is 0.257 e. The average molecular weight is 249 g/mol. The van der Waals surface area contributed by atoms with Crippen molar-refractivity contribution in [1.29, 1.82) is 0 Å². The Kier molecular flexibility index (Phi) is 4.62. The van der Waals surface area contributed by atoms with Gasteiger partial charge in [-0.2, -0.15) is 11.8 Å². The number of rotatable bonds is 6. The van der Waals surface area contributed by atoms with Crippen molar-refractivity contribution in [2.75, 3.05) is 11.5 Å². The van der Waals surface area contributed by atoms with E-state index in [9.17, 15) is 8.42 Å². The van der Waals surface area contributed by atoms with Gasteiger partial charge in [0.05, 0.1) is 6.33 Å². The van der Waals surface area contributed by atoms with Crippen molar-refractivity contribution in [3.8, 4) is 0 Å². The van der Waals surface area contributed by atoms with Crippen molar-refractivity contribution < 1.29 is 8.42 Å². The zero-order valence-corrected chi connectivity index (χ0v) is 10.2. The molecule has 0 aliphatic rings. The Hall–Kier alpha value is -0.530. The van der Waals surface area contributed by atoms with Crippen molar-refractivity contribution in [1.82, 2.24) is 9.55 Å². The minimum atomic E-state index is -3.65. The highest BCUT2D eigenvalue weighted by Gasteiger charge is 2.10. The second kappa shape index (κ2) is 5.53. The van der Waals surface area contributed by atoms with Crippen LogP contribution in [0.2, 0.25) is 0 Å². The number of sulfonamides is 1. The number of hydrogen-bond acceptors (Lipinski definition) is 4. The number of imidazole rings is 1. The zero-order valence-electron chi connectivity index (χ0n) is 8.59. The lowest BCUT2D eigenvalue weighted by Crippen LogP contribution is -2.12. The molecule has 1 aromatic heterocycles. The van der Waals surface area contributed by atoms with Crippen LogP contribution in [0.25, 0.3) is 0 Å². The van der Waals surface area contributed by atoms with Gasteiger partial charge in [0.1, 0.15) is 0 Å².